The number of ether oxygens (including phenoxy) is 1. The lowest BCUT2D eigenvalue weighted by molar-refractivity contribution is -0.151. The van der Waals surface area contributed by atoms with E-state index in [4.69, 9.17) is 16.2 Å². The molecule has 8 atom stereocenters. The van der Waals surface area contributed by atoms with E-state index in [0.29, 0.717) is 23.7 Å². The van der Waals surface area contributed by atoms with Crippen LogP contribution in [-0.4, -0.2) is 69.6 Å². The summed E-state index contributed by atoms with van der Waals surface area (Å²) in [6.07, 6.45) is 26.5. The van der Waals surface area contributed by atoms with Crippen LogP contribution in [0.25, 0.3) is 0 Å². The van der Waals surface area contributed by atoms with E-state index in [-0.39, 0.29) is 12.1 Å². The number of fused-ring (bicyclic) bond motifs is 5. The van der Waals surface area contributed by atoms with E-state index in [2.05, 4.69) is 58.0 Å². The number of rotatable bonds is 23. The quantitative estimate of drug-likeness (QED) is 0.0417. The van der Waals surface area contributed by atoms with Gasteiger partial charge in [0.2, 0.25) is 0 Å². The summed E-state index contributed by atoms with van der Waals surface area (Å²) in [7, 11) is 2.16. The van der Waals surface area contributed by atoms with Crippen LogP contribution >= 0.6 is 0 Å². The topological polar surface area (TPSA) is 111 Å². The molecule has 3 saturated carbocycles. The molecule has 0 heterocycles. The highest BCUT2D eigenvalue weighted by Crippen LogP contribution is 2.67. The first-order chi connectivity index (χ1) is 25.0. The molecule has 0 spiro atoms. The summed E-state index contributed by atoms with van der Waals surface area (Å²) in [5, 5.41) is 3.38. The van der Waals surface area contributed by atoms with Gasteiger partial charge in [0.25, 0.3) is 0 Å². The molecule has 0 amide bonds. The highest BCUT2D eigenvalue weighted by molar-refractivity contribution is 5.69. The third kappa shape index (κ3) is 13.2. The lowest BCUT2D eigenvalue weighted by Crippen LogP contribution is -2.50. The van der Waals surface area contributed by atoms with Gasteiger partial charge in [0.1, 0.15) is 12.4 Å². The summed E-state index contributed by atoms with van der Waals surface area (Å²) >= 11 is 0. The van der Waals surface area contributed by atoms with Crippen molar-refractivity contribution in [3.63, 3.8) is 0 Å². The van der Waals surface area contributed by atoms with Crippen molar-refractivity contribution in [2.45, 2.75) is 169 Å². The molecule has 0 aliphatic heterocycles. The van der Waals surface area contributed by atoms with E-state index >= 15 is 0 Å². The van der Waals surface area contributed by atoms with Gasteiger partial charge in [0.15, 0.2) is 0 Å². The van der Waals surface area contributed by atoms with Gasteiger partial charge in [-0.15, -0.1) is 0 Å². The van der Waals surface area contributed by atoms with E-state index < -0.39 is 0 Å². The molecule has 8 unspecified atom stereocenters. The van der Waals surface area contributed by atoms with Crippen molar-refractivity contribution >= 4 is 12.3 Å². The summed E-state index contributed by atoms with van der Waals surface area (Å²) in [6, 6.07) is 0. The highest BCUT2D eigenvalue weighted by Gasteiger charge is 2.58. The molecular formula is C45H84N4O3. The van der Waals surface area contributed by atoms with Crippen molar-refractivity contribution in [2.75, 3.05) is 46.3 Å². The minimum Gasteiger partial charge on any atom is -0.462 e. The number of hydrogen-bond donors (Lipinski definition) is 3. The van der Waals surface area contributed by atoms with Gasteiger partial charge >= 0.3 is 5.97 Å². The zero-order valence-corrected chi connectivity index (χ0v) is 34.9. The first-order valence-corrected chi connectivity index (χ1v) is 22.2. The Balaban J connectivity index is 0.000000411. The normalized spacial score (nSPS) is 30.1. The van der Waals surface area contributed by atoms with Crippen LogP contribution in [-0.2, 0) is 14.3 Å². The summed E-state index contributed by atoms with van der Waals surface area (Å²) in [5.74, 6) is 5.16. The van der Waals surface area contributed by atoms with Crippen molar-refractivity contribution in [3.8, 4) is 0 Å². The summed E-state index contributed by atoms with van der Waals surface area (Å²) < 4.78 is 5.91. The largest absolute Gasteiger partial charge is 0.462 e. The van der Waals surface area contributed by atoms with Crippen molar-refractivity contribution in [3.05, 3.63) is 11.6 Å². The Bertz CT molecular complexity index is 1050. The van der Waals surface area contributed by atoms with Gasteiger partial charge in [-0.05, 0) is 183 Å². The molecule has 0 aromatic rings. The second-order valence-corrected chi connectivity index (χ2v) is 18.2. The maximum Gasteiger partial charge on any atom is 0.306 e. The van der Waals surface area contributed by atoms with Crippen molar-refractivity contribution in [1.29, 1.82) is 0 Å². The van der Waals surface area contributed by atoms with Crippen LogP contribution < -0.4 is 16.8 Å². The second-order valence-electron chi connectivity index (χ2n) is 18.2. The molecule has 4 rings (SSSR count). The lowest BCUT2D eigenvalue weighted by atomic mass is 9.47. The van der Waals surface area contributed by atoms with Crippen molar-refractivity contribution in [1.82, 2.24) is 10.2 Å². The Hall–Kier alpha value is -1.28. The van der Waals surface area contributed by atoms with Crippen LogP contribution in [0, 0.1) is 46.3 Å². The maximum absolute atomic E-state index is 12.4. The molecule has 0 bridgehead atoms. The van der Waals surface area contributed by atoms with Crippen LogP contribution in [0.1, 0.15) is 163 Å². The molecule has 7 nitrogen and oxygen atoms in total. The predicted octanol–water partition coefficient (Wildman–Crippen LogP) is 9.07. The molecule has 0 aromatic heterocycles. The molecule has 302 valence electrons. The number of unbranched alkanes of at least 4 members (excludes halogenated alkanes) is 3. The summed E-state index contributed by atoms with van der Waals surface area (Å²) in [5.41, 5.74) is 13.3. The standard InChI is InChI=1S/C34H56O3.C11H28N4/c1-6-25(24(2)3)11-10-12-26-15-17-30-29-16-14-27-23-28(37-32(36)13-8-7-9-22-35)18-20-34(27,5)31(29)19-21-33(26,30)4;1-15(11-5-7-13)10-3-2-8-14-9-4-6-12/h14,22,24-26,28-31H,6-13,15-21,23H2,1-5H3;14H,2-13H2,1H3. The monoisotopic (exact) mass is 729 g/mol. The SMILES string of the molecule is CCC(CCCC1CCC2C3CC=C4CC(OC(=O)CCCCC=O)CCC4(C)C3CCC12C)C(C)C.CN(CCCN)CCCCNCCCN. The molecule has 0 radical (unpaired) electrons. The van der Waals surface area contributed by atoms with Gasteiger partial charge in [-0.3, -0.25) is 4.79 Å². The molecule has 3 fully saturated rings. The molecule has 4 aliphatic carbocycles. The number of nitrogens with zero attached hydrogens (tertiary/aromatic N) is 1. The Kier molecular flexibility index (Phi) is 20.5. The lowest BCUT2D eigenvalue weighted by Gasteiger charge is -2.58. The number of esters is 1. The number of carbonyl (C=O) groups excluding carboxylic acids is 2. The van der Waals surface area contributed by atoms with Crippen molar-refractivity contribution < 1.29 is 14.3 Å². The maximum atomic E-state index is 12.4. The third-order valence-electron chi connectivity index (χ3n) is 14.5. The zero-order chi connectivity index (χ0) is 38.0. The fraction of sp³-hybridized carbons (Fsp3) is 0.911. The Morgan fingerprint density at radius 3 is 2.42 bits per heavy atom. The van der Waals surface area contributed by atoms with E-state index in [1.807, 2.05) is 0 Å². The Labute approximate surface area is 321 Å². The van der Waals surface area contributed by atoms with Crippen LogP contribution in [0.15, 0.2) is 11.6 Å². The van der Waals surface area contributed by atoms with Crippen molar-refractivity contribution in [2.24, 2.45) is 57.8 Å². The van der Waals surface area contributed by atoms with Crippen LogP contribution in [0.2, 0.25) is 0 Å². The van der Waals surface area contributed by atoms with Gasteiger partial charge < -0.3 is 31.2 Å². The highest BCUT2D eigenvalue weighted by atomic mass is 16.5. The Morgan fingerprint density at radius 1 is 0.962 bits per heavy atom. The molecule has 52 heavy (non-hydrogen) atoms. The molecule has 4 aliphatic rings. The van der Waals surface area contributed by atoms with Gasteiger partial charge in [0.05, 0.1) is 0 Å². The first-order valence-electron chi connectivity index (χ1n) is 22.2. The molecule has 5 N–H and O–H groups in total. The number of aldehydes is 1. The first kappa shape index (κ1) is 45.1. The van der Waals surface area contributed by atoms with Crippen LogP contribution in [0.3, 0.4) is 0 Å². The number of allylic oxidation sites excluding steroid dienone is 1. The van der Waals surface area contributed by atoms with E-state index in [1.165, 1.54) is 83.6 Å². The second kappa shape index (κ2) is 23.6. The minimum absolute atomic E-state index is 0.0527. The molecule has 0 aromatic carbocycles. The predicted molar refractivity (Wildman–Crippen MR) is 219 cm³/mol. The average Bonchev–Trinajstić information content (AvgIpc) is 3.46. The number of carbonyl (C=O) groups is 2. The Morgan fingerprint density at radius 2 is 1.71 bits per heavy atom. The number of nitrogens with two attached hydrogens (primary N) is 2. The molecule has 7 heteroatoms. The number of nitrogens with one attached hydrogen (secondary N) is 1. The molecule has 0 saturated heterocycles. The minimum atomic E-state index is -0.0714. The average molecular weight is 729 g/mol. The fourth-order valence-corrected chi connectivity index (χ4v) is 11.1. The van der Waals surface area contributed by atoms with Gasteiger partial charge in [-0.1, -0.05) is 65.5 Å². The van der Waals surface area contributed by atoms with E-state index in [1.54, 1.807) is 5.57 Å². The van der Waals surface area contributed by atoms with Crippen LogP contribution in [0.4, 0.5) is 0 Å². The smallest absolute Gasteiger partial charge is 0.306 e. The van der Waals surface area contributed by atoms with Gasteiger partial charge in [-0.25, -0.2) is 0 Å². The summed E-state index contributed by atoms with van der Waals surface area (Å²) in [4.78, 5) is 25.2. The van der Waals surface area contributed by atoms with E-state index in [0.717, 1.165) is 113 Å². The third-order valence-corrected chi connectivity index (χ3v) is 14.5. The summed E-state index contributed by atoms with van der Waals surface area (Å²) in [6.45, 7) is 18.5. The van der Waals surface area contributed by atoms with E-state index in [9.17, 15) is 9.59 Å². The number of hydrogen-bond acceptors (Lipinski definition) is 7. The van der Waals surface area contributed by atoms with Gasteiger partial charge in [-0.2, -0.15) is 0 Å². The van der Waals surface area contributed by atoms with Gasteiger partial charge in [0, 0.05) is 19.3 Å². The van der Waals surface area contributed by atoms with Crippen LogP contribution in [0.5, 0.6) is 0 Å². The molecular weight excluding hydrogens is 645 g/mol. The fourth-order valence-electron chi connectivity index (χ4n) is 11.1. The zero-order valence-electron chi connectivity index (χ0n) is 34.9.